The highest BCUT2D eigenvalue weighted by molar-refractivity contribution is 5.28. The van der Waals surface area contributed by atoms with Gasteiger partial charge in [-0.1, -0.05) is 12.1 Å². The van der Waals surface area contributed by atoms with Crippen LogP contribution in [0.1, 0.15) is 11.1 Å². The number of ether oxygens (including phenoxy) is 1. The Kier molecular flexibility index (Phi) is 5.15. The molecular formula is C15H18N4O. The average Bonchev–Trinajstić information content (AvgIpc) is 2.87. The quantitative estimate of drug-likeness (QED) is 0.780. The van der Waals surface area contributed by atoms with Gasteiger partial charge in [-0.3, -0.25) is 4.68 Å². The third kappa shape index (κ3) is 4.41. The van der Waals surface area contributed by atoms with Crippen molar-refractivity contribution >= 4 is 0 Å². The lowest BCUT2D eigenvalue weighted by atomic mass is 10.2. The van der Waals surface area contributed by atoms with E-state index in [1.54, 1.807) is 0 Å². The lowest BCUT2D eigenvalue weighted by Crippen LogP contribution is -2.19. The number of hydrogen-bond acceptors (Lipinski definition) is 4. The van der Waals surface area contributed by atoms with Gasteiger partial charge in [-0.25, -0.2) is 0 Å². The van der Waals surface area contributed by atoms with Gasteiger partial charge < -0.3 is 10.1 Å². The molecule has 0 aliphatic heterocycles. The number of hydrogen-bond donors (Lipinski definition) is 1. The highest BCUT2D eigenvalue weighted by Gasteiger charge is 1.98. The van der Waals surface area contributed by atoms with Gasteiger partial charge in [0, 0.05) is 19.3 Å². The van der Waals surface area contributed by atoms with Crippen molar-refractivity contribution in [2.24, 2.45) is 0 Å². The third-order valence-corrected chi connectivity index (χ3v) is 2.81. The first-order valence-corrected chi connectivity index (χ1v) is 6.56. The molecule has 1 aromatic heterocycles. The molecule has 0 atom stereocenters. The Morgan fingerprint density at radius 2 is 2.35 bits per heavy atom. The molecule has 0 spiro atoms. The maximum absolute atomic E-state index is 8.48. The SMILES string of the molecule is Cc1cnn(CCNCc2cccc(OCC#N)c2)c1. The summed E-state index contributed by atoms with van der Waals surface area (Å²) in [5.41, 5.74) is 2.31. The van der Waals surface area contributed by atoms with Crippen LogP contribution in [0.3, 0.4) is 0 Å². The Morgan fingerprint density at radius 3 is 3.10 bits per heavy atom. The Morgan fingerprint density at radius 1 is 1.45 bits per heavy atom. The summed E-state index contributed by atoms with van der Waals surface area (Å²) >= 11 is 0. The number of benzene rings is 1. The van der Waals surface area contributed by atoms with Gasteiger partial charge in [-0.15, -0.1) is 0 Å². The van der Waals surface area contributed by atoms with Gasteiger partial charge in [0.2, 0.25) is 0 Å². The summed E-state index contributed by atoms with van der Waals surface area (Å²) in [5, 5.41) is 16.1. The smallest absolute Gasteiger partial charge is 0.174 e. The van der Waals surface area contributed by atoms with Gasteiger partial charge in [-0.2, -0.15) is 10.4 Å². The number of aromatic nitrogens is 2. The molecule has 0 aliphatic rings. The summed E-state index contributed by atoms with van der Waals surface area (Å²) < 4.78 is 7.20. The lowest BCUT2D eigenvalue weighted by Gasteiger charge is -2.07. The highest BCUT2D eigenvalue weighted by Crippen LogP contribution is 2.12. The van der Waals surface area contributed by atoms with Crippen molar-refractivity contribution in [3.63, 3.8) is 0 Å². The summed E-state index contributed by atoms with van der Waals surface area (Å²) in [7, 11) is 0. The predicted molar refractivity (Wildman–Crippen MR) is 76.2 cm³/mol. The second-order valence-electron chi connectivity index (χ2n) is 4.55. The Hall–Kier alpha value is -2.32. The van der Waals surface area contributed by atoms with Crippen molar-refractivity contribution in [2.75, 3.05) is 13.2 Å². The van der Waals surface area contributed by atoms with E-state index < -0.39 is 0 Å². The van der Waals surface area contributed by atoms with E-state index in [1.165, 1.54) is 5.56 Å². The average molecular weight is 270 g/mol. The molecule has 104 valence electrons. The van der Waals surface area contributed by atoms with Crippen LogP contribution >= 0.6 is 0 Å². The monoisotopic (exact) mass is 270 g/mol. The predicted octanol–water partition coefficient (Wildman–Crippen LogP) is 1.88. The maximum Gasteiger partial charge on any atom is 0.174 e. The van der Waals surface area contributed by atoms with Crippen molar-refractivity contribution in [1.29, 1.82) is 5.26 Å². The lowest BCUT2D eigenvalue weighted by molar-refractivity contribution is 0.367. The molecule has 1 N–H and O–H groups in total. The molecule has 2 rings (SSSR count). The van der Waals surface area contributed by atoms with Crippen LogP contribution in [0.25, 0.3) is 0 Å². The third-order valence-electron chi connectivity index (χ3n) is 2.81. The minimum atomic E-state index is 0.0789. The summed E-state index contributed by atoms with van der Waals surface area (Å²) in [6.45, 7) is 4.58. The van der Waals surface area contributed by atoms with Crippen molar-refractivity contribution in [3.05, 3.63) is 47.8 Å². The number of rotatable bonds is 7. The fourth-order valence-corrected chi connectivity index (χ4v) is 1.88. The van der Waals surface area contributed by atoms with Gasteiger partial charge in [0.1, 0.15) is 11.8 Å². The molecule has 0 unspecified atom stereocenters. The second kappa shape index (κ2) is 7.31. The normalized spacial score (nSPS) is 10.2. The van der Waals surface area contributed by atoms with Crippen LogP contribution in [0.4, 0.5) is 0 Å². The molecule has 2 aromatic rings. The van der Waals surface area contributed by atoms with Crippen molar-refractivity contribution in [2.45, 2.75) is 20.0 Å². The topological polar surface area (TPSA) is 62.9 Å². The van der Waals surface area contributed by atoms with Crippen LogP contribution in [0.2, 0.25) is 0 Å². The first-order chi connectivity index (χ1) is 9.78. The van der Waals surface area contributed by atoms with E-state index in [-0.39, 0.29) is 6.61 Å². The molecule has 0 radical (unpaired) electrons. The maximum atomic E-state index is 8.48. The van der Waals surface area contributed by atoms with Gasteiger partial charge in [0.15, 0.2) is 6.61 Å². The van der Waals surface area contributed by atoms with E-state index in [0.29, 0.717) is 0 Å². The van der Waals surface area contributed by atoms with E-state index >= 15 is 0 Å². The molecule has 0 bridgehead atoms. The zero-order valence-electron chi connectivity index (χ0n) is 11.5. The van der Waals surface area contributed by atoms with Gasteiger partial charge in [-0.05, 0) is 30.2 Å². The number of nitriles is 1. The van der Waals surface area contributed by atoms with Gasteiger partial charge in [0.05, 0.1) is 12.7 Å². The molecule has 1 heterocycles. The van der Waals surface area contributed by atoms with Gasteiger partial charge >= 0.3 is 0 Å². The molecule has 0 fully saturated rings. The Labute approximate surface area is 118 Å². The fourth-order valence-electron chi connectivity index (χ4n) is 1.88. The standard InChI is InChI=1S/C15H18N4O/c1-13-10-18-19(12-13)7-6-17-11-14-3-2-4-15(9-14)20-8-5-16/h2-4,9-10,12,17H,6-8,11H2,1H3. The van der Waals surface area contributed by atoms with Crippen molar-refractivity contribution in [3.8, 4) is 11.8 Å². The van der Waals surface area contributed by atoms with E-state index in [4.69, 9.17) is 10.00 Å². The fraction of sp³-hybridized carbons (Fsp3) is 0.333. The Bertz CT molecular complexity index is 586. The van der Waals surface area contributed by atoms with Crippen LogP contribution in [0, 0.1) is 18.3 Å². The van der Waals surface area contributed by atoms with E-state index in [9.17, 15) is 0 Å². The molecule has 20 heavy (non-hydrogen) atoms. The van der Waals surface area contributed by atoms with Crippen LogP contribution in [-0.2, 0) is 13.1 Å². The molecule has 0 amide bonds. The number of nitrogens with one attached hydrogen (secondary N) is 1. The molecule has 0 aliphatic carbocycles. The van der Waals surface area contributed by atoms with E-state index in [0.717, 1.165) is 30.9 Å². The van der Waals surface area contributed by atoms with E-state index in [2.05, 4.69) is 10.4 Å². The van der Waals surface area contributed by atoms with E-state index in [1.807, 2.05) is 54.3 Å². The second-order valence-corrected chi connectivity index (χ2v) is 4.55. The molecule has 5 nitrogen and oxygen atoms in total. The molecule has 5 heteroatoms. The first kappa shape index (κ1) is 14.1. The van der Waals surface area contributed by atoms with Gasteiger partial charge in [0.25, 0.3) is 0 Å². The zero-order chi connectivity index (χ0) is 14.2. The molecule has 0 saturated carbocycles. The summed E-state index contributed by atoms with van der Waals surface area (Å²) in [6.07, 6.45) is 3.88. The summed E-state index contributed by atoms with van der Waals surface area (Å²) in [5.74, 6) is 0.730. The molecule has 0 saturated heterocycles. The minimum Gasteiger partial charge on any atom is -0.479 e. The number of nitrogens with zero attached hydrogens (tertiary/aromatic N) is 3. The number of aryl methyl sites for hydroxylation is 1. The summed E-state index contributed by atoms with van der Waals surface area (Å²) in [6, 6.07) is 9.73. The van der Waals surface area contributed by atoms with Crippen LogP contribution in [0.5, 0.6) is 5.75 Å². The van der Waals surface area contributed by atoms with Crippen molar-refractivity contribution < 1.29 is 4.74 Å². The van der Waals surface area contributed by atoms with Crippen LogP contribution in [-0.4, -0.2) is 22.9 Å². The highest BCUT2D eigenvalue weighted by atomic mass is 16.5. The molecular weight excluding hydrogens is 252 g/mol. The minimum absolute atomic E-state index is 0.0789. The largest absolute Gasteiger partial charge is 0.479 e. The summed E-state index contributed by atoms with van der Waals surface area (Å²) in [4.78, 5) is 0. The zero-order valence-corrected chi connectivity index (χ0v) is 11.5. The Balaban J connectivity index is 1.75. The van der Waals surface area contributed by atoms with Crippen molar-refractivity contribution in [1.82, 2.24) is 15.1 Å². The molecule has 1 aromatic carbocycles. The first-order valence-electron chi connectivity index (χ1n) is 6.56. The van der Waals surface area contributed by atoms with Crippen LogP contribution in [0.15, 0.2) is 36.7 Å². The van der Waals surface area contributed by atoms with Crippen LogP contribution < -0.4 is 10.1 Å².